The fourth-order valence-corrected chi connectivity index (χ4v) is 1.70. The molecule has 2 aromatic carbocycles. The largest absolute Gasteiger partial charge is 0.269 e. The molecule has 2 aromatic rings. The van der Waals surface area contributed by atoms with Gasteiger partial charge in [-0.3, -0.25) is 10.1 Å². The minimum atomic E-state index is -0.420. The van der Waals surface area contributed by atoms with E-state index in [0.717, 1.165) is 11.1 Å². The summed E-state index contributed by atoms with van der Waals surface area (Å²) in [5, 5.41) is 11.1. The van der Waals surface area contributed by atoms with Gasteiger partial charge >= 0.3 is 0 Å². The van der Waals surface area contributed by atoms with Crippen LogP contribution >= 0.6 is 11.6 Å². The van der Waals surface area contributed by atoms with Crippen LogP contribution in [0.25, 0.3) is 11.1 Å². The van der Waals surface area contributed by atoms with Gasteiger partial charge in [-0.2, -0.15) is 0 Å². The quantitative estimate of drug-likeness (QED) is 0.583. The number of hydrogen-bond donors (Lipinski definition) is 0. The number of nitro benzene ring substituents is 1. The van der Waals surface area contributed by atoms with E-state index in [1.165, 1.54) is 12.1 Å². The first-order chi connectivity index (χ1) is 7.68. The minimum Gasteiger partial charge on any atom is -0.258 e. The molecule has 80 valence electrons. The van der Waals surface area contributed by atoms with Crippen LogP contribution in [0.4, 0.5) is 5.69 Å². The zero-order chi connectivity index (χ0) is 11.5. The monoisotopic (exact) mass is 233 g/mol. The predicted molar refractivity (Wildman–Crippen MR) is 63.5 cm³/mol. The number of hydrogen-bond acceptors (Lipinski definition) is 2. The lowest BCUT2D eigenvalue weighted by Crippen LogP contribution is -1.87. The van der Waals surface area contributed by atoms with Crippen molar-refractivity contribution in [2.45, 2.75) is 0 Å². The smallest absolute Gasteiger partial charge is 0.258 e. The standard InChI is InChI=1S/C12H8ClNO2/c13-12-4-2-1-3-11(12)9-5-7-10(8-6-9)14(15)16/h1-8H. The molecule has 0 heterocycles. The van der Waals surface area contributed by atoms with Crippen LogP contribution in [0, 0.1) is 10.1 Å². The normalized spacial score (nSPS) is 10.1. The zero-order valence-electron chi connectivity index (χ0n) is 8.26. The molecule has 0 atom stereocenters. The molecule has 4 heteroatoms. The fourth-order valence-electron chi connectivity index (χ4n) is 1.46. The summed E-state index contributed by atoms with van der Waals surface area (Å²) in [5.41, 5.74) is 1.83. The van der Waals surface area contributed by atoms with Gasteiger partial charge < -0.3 is 0 Å². The Morgan fingerprint density at radius 1 is 1.00 bits per heavy atom. The molecule has 0 N–H and O–H groups in total. The number of rotatable bonds is 2. The van der Waals surface area contributed by atoms with E-state index in [9.17, 15) is 10.1 Å². The van der Waals surface area contributed by atoms with E-state index in [2.05, 4.69) is 0 Å². The molecule has 0 fully saturated rings. The molecule has 0 radical (unpaired) electrons. The Morgan fingerprint density at radius 2 is 1.62 bits per heavy atom. The lowest BCUT2D eigenvalue weighted by molar-refractivity contribution is -0.384. The highest BCUT2D eigenvalue weighted by Crippen LogP contribution is 2.28. The van der Waals surface area contributed by atoms with Gasteiger partial charge in [-0.1, -0.05) is 29.8 Å². The molecule has 0 saturated carbocycles. The number of nitro groups is 1. The van der Waals surface area contributed by atoms with Crippen molar-refractivity contribution in [1.82, 2.24) is 0 Å². The van der Waals surface area contributed by atoms with Crippen molar-refractivity contribution >= 4 is 17.3 Å². The fraction of sp³-hybridized carbons (Fsp3) is 0. The summed E-state index contributed by atoms with van der Waals surface area (Å²) in [7, 11) is 0. The van der Waals surface area contributed by atoms with Crippen LogP contribution in [-0.2, 0) is 0 Å². The highest BCUT2D eigenvalue weighted by molar-refractivity contribution is 6.33. The van der Waals surface area contributed by atoms with Gasteiger partial charge in [-0.25, -0.2) is 0 Å². The van der Waals surface area contributed by atoms with E-state index < -0.39 is 4.92 Å². The minimum absolute atomic E-state index is 0.0794. The van der Waals surface area contributed by atoms with Crippen molar-refractivity contribution in [1.29, 1.82) is 0 Å². The Kier molecular flexibility index (Phi) is 2.88. The van der Waals surface area contributed by atoms with Crippen molar-refractivity contribution in [3.05, 3.63) is 63.7 Å². The second kappa shape index (κ2) is 4.33. The van der Waals surface area contributed by atoms with Crippen LogP contribution in [0.5, 0.6) is 0 Å². The van der Waals surface area contributed by atoms with Gasteiger partial charge in [0.2, 0.25) is 0 Å². The first-order valence-electron chi connectivity index (χ1n) is 4.68. The summed E-state index contributed by atoms with van der Waals surface area (Å²) < 4.78 is 0. The van der Waals surface area contributed by atoms with E-state index in [-0.39, 0.29) is 5.69 Å². The summed E-state index contributed by atoms with van der Waals surface area (Å²) in [4.78, 5) is 10.1. The highest BCUT2D eigenvalue weighted by atomic mass is 35.5. The van der Waals surface area contributed by atoms with Gasteiger partial charge in [0.25, 0.3) is 5.69 Å². The first kappa shape index (κ1) is 10.6. The molecule has 0 aliphatic carbocycles. The van der Waals surface area contributed by atoms with Gasteiger partial charge in [-0.05, 0) is 23.8 Å². The van der Waals surface area contributed by atoms with Crippen molar-refractivity contribution in [3.8, 4) is 11.1 Å². The predicted octanol–water partition coefficient (Wildman–Crippen LogP) is 3.92. The third-order valence-electron chi connectivity index (χ3n) is 2.26. The molecular formula is C12H8ClNO2. The molecule has 0 spiro atoms. The molecule has 0 aromatic heterocycles. The topological polar surface area (TPSA) is 43.1 Å². The maximum Gasteiger partial charge on any atom is 0.269 e. The molecule has 16 heavy (non-hydrogen) atoms. The summed E-state index contributed by atoms with van der Waals surface area (Å²) in [6.07, 6.45) is 0. The van der Waals surface area contributed by atoms with Crippen LogP contribution in [0.1, 0.15) is 0 Å². The number of halogens is 1. The summed E-state index contributed by atoms with van der Waals surface area (Å²) in [5.74, 6) is 0. The highest BCUT2D eigenvalue weighted by Gasteiger charge is 2.06. The molecule has 0 unspecified atom stereocenters. The molecule has 0 amide bonds. The first-order valence-corrected chi connectivity index (χ1v) is 5.05. The van der Waals surface area contributed by atoms with Gasteiger partial charge in [0.1, 0.15) is 0 Å². The van der Waals surface area contributed by atoms with E-state index in [1.54, 1.807) is 18.2 Å². The van der Waals surface area contributed by atoms with Gasteiger partial charge in [-0.15, -0.1) is 0 Å². The Labute approximate surface area is 97.4 Å². The van der Waals surface area contributed by atoms with Crippen LogP contribution in [-0.4, -0.2) is 4.92 Å². The van der Waals surface area contributed by atoms with Gasteiger partial charge in [0, 0.05) is 22.7 Å². The maximum absolute atomic E-state index is 10.5. The second-order valence-corrected chi connectivity index (χ2v) is 3.69. The average Bonchev–Trinajstić information content (AvgIpc) is 2.30. The molecular weight excluding hydrogens is 226 g/mol. The van der Waals surface area contributed by atoms with Crippen molar-refractivity contribution in [2.24, 2.45) is 0 Å². The lowest BCUT2D eigenvalue weighted by Gasteiger charge is -2.03. The van der Waals surface area contributed by atoms with E-state index in [4.69, 9.17) is 11.6 Å². The molecule has 0 aliphatic heterocycles. The lowest BCUT2D eigenvalue weighted by atomic mass is 10.1. The van der Waals surface area contributed by atoms with Crippen molar-refractivity contribution < 1.29 is 4.92 Å². The molecule has 0 bridgehead atoms. The zero-order valence-corrected chi connectivity index (χ0v) is 9.02. The van der Waals surface area contributed by atoms with Crippen LogP contribution in [0.2, 0.25) is 5.02 Å². The van der Waals surface area contributed by atoms with E-state index >= 15 is 0 Å². The number of benzene rings is 2. The van der Waals surface area contributed by atoms with Crippen molar-refractivity contribution in [2.75, 3.05) is 0 Å². The van der Waals surface area contributed by atoms with Crippen LogP contribution < -0.4 is 0 Å². The SMILES string of the molecule is O=[N+]([O-])c1ccc(-c2ccccc2Cl)cc1. The Balaban J connectivity index is 2.43. The Bertz CT molecular complexity index is 523. The van der Waals surface area contributed by atoms with E-state index in [0.29, 0.717) is 5.02 Å². The maximum atomic E-state index is 10.5. The Hall–Kier alpha value is -1.87. The average molecular weight is 234 g/mol. The molecule has 2 rings (SSSR count). The summed E-state index contributed by atoms with van der Waals surface area (Å²) >= 11 is 6.03. The van der Waals surface area contributed by atoms with Crippen LogP contribution in [0.15, 0.2) is 48.5 Å². The number of nitrogens with zero attached hydrogens (tertiary/aromatic N) is 1. The third-order valence-corrected chi connectivity index (χ3v) is 2.59. The summed E-state index contributed by atoms with van der Waals surface area (Å²) in [6.45, 7) is 0. The third kappa shape index (κ3) is 2.04. The molecule has 0 saturated heterocycles. The van der Waals surface area contributed by atoms with Crippen molar-refractivity contribution in [3.63, 3.8) is 0 Å². The molecule has 3 nitrogen and oxygen atoms in total. The van der Waals surface area contributed by atoms with Gasteiger partial charge in [0.15, 0.2) is 0 Å². The van der Waals surface area contributed by atoms with Gasteiger partial charge in [0.05, 0.1) is 4.92 Å². The summed E-state index contributed by atoms with van der Waals surface area (Å²) in [6, 6.07) is 13.7. The second-order valence-electron chi connectivity index (χ2n) is 3.28. The number of non-ortho nitro benzene ring substituents is 1. The van der Waals surface area contributed by atoms with E-state index in [1.807, 2.05) is 18.2 Å². The molecule has 0 aliphatic rings. The van der Waals surface area contributed by atoms with Crippen LogP contribution in [0.3, 0.4) is 0 Å². The Morgan fingerprint density at radius 3 is 2.19 bits per heavy atom.